The zero-order chi connectivity index (χ0) is 24.5. The first-order chi connectivity index (χ1) is 16.3. The predicted octanol–water partition coefficient (Wildman–Crippen LogP) is 2.14. The van der Waals surface area contributed by atoms with Crippen molar-refractivity contribution < 1.29 is 23.9 Å². The number of carbonyl (C=O) groups is 4. The molecule has 2 atom stereocenters. The van der Waals surface area contributed by atoms with E-state index in [0.29, 0.717) is 19.4 Å². The van der Waals surface area contributed by atoms with Crippen molar-refractivity contribution in [3.8, 4) is 0 Å². The first-order valence-corrected chi connectivity index (χ1v) is 12.1. The average molecular weight is 487 g/mol. The third kappa shape index (κ3) is 7.38. The summed E-state index contributed by atoms with van der Waals surface area (Å²) in [5.74, 6) is -2.26. The van der Waals surface area contributed by atoms with Crippen LogP contribution in [0.25, 0.3) is 0 Å². The zero-order valence-corrected chi connectivity index (χ0v) is 20.2. The highest BCUT2D eigenvalue weighted by Crippen LogP contribution is 2.15. The van der Waals surface area contributed by atoms with Crippen LogP contribution in [-0.4, -0.2) is 46.7 Å². The summed E-state index contributed by atoms with van der Waals surface area (Å²) in [5, 5.41) is 7.87. The van der Waals surface area contributed by atoms with Crippen LogP contribution in [0.15, 0.2) is 36.4 Å². The molecule has 0 spiro atoms. The molecule has 2 unspecified atom stereocenters. The van der Waals surface area contributed by atoms with E-state index in [9.17, 15) is 19.2 Å². The lowest BCUT2D eigenvalue weighted by atomic mass is 10.00. The monoisotopic (exact) mass is 486 g/mol. The van der Waals surface area contributed by atoms with Gasteiger partial charge in [0, 0.05) is 11.4 Å². The van der Waals surface area contributed by atoms with Crippen molar-refractivity contribution in [3.63, 3.8) is 0 Å². The molecule has 2 aromatic rings. The molecule has 34 heavy (non-hydrogen) atoms. The van der Waals surface area contributed by atoms with Gasteiger partial charge in [-0.05, 0) is 54.8 Å². The molecule has 0 saturated heterocycles. The van der Waals surface area contributed by atoms with Crippen LogP contribution in [0.1, 0.15) is 42.8 Å². The number of ketones is 1. The summed E-state index contributed by atoms with van der Waals surface area (Å²) in [5.41, 5.74) is 1.65. The molecule has 0 fully saturated rings. The number of carbonyl (C=O) groups excluding carboxylic acids is 4. The van der Waals surface area contributed by atoms with E-state index in [1.165, 1.54) is 11.5 Å². The number of hydrogen-bond donors (Lipinski definition) is 3. The minimum atomic E-state index is -1.03. The van der Waals surface area contributed by atoms with Crippen molar-refractivity contribution in [1.29, 1.82) is 0 Å². The van der Waals surface area contributed by atoms with Gasteiger partial charge in [-0.2, -0.15) is 4.37 Å². The first kappa shape index (κ1) is 25.4. The fourth-order valence-corrected chi connectivity index (χ4v) is 4.35. The Labute approximate surface area is 202 Å². The number of aryl methyl sites for hydroxylation is 2. The van der Waals surface area contributed by atoms with Crippen molar-refractivity contribution in [1.82, 2.24) is 20.3 Å². The normalized spacial score (nSPS) is 17.7. The lowest BCUT2D eigenvalue weighted by molar-refractivity contribution is -0.140. The number of hydrogen-bond acceptors (Lipinski definition) is 7. The van der Waals surface area contributed by atoms with E-state index < -0.39 is 35.8 Å². The Kier molecular flexibility index (Phi) is 9.15. The Hall–Kier alpha value is -3.27. The highest BCUT2D eigenvalue weighted by molar-refractivity contribution is 7.05. The van der Waals surface area contributed by atoms with E-state index in [1.54, 1.807) is 13.8 Å². The van der Waals surface area contributed by atoms with Crippen LogP contribution in [0.5, 0.6) is 0 Å². The van der Waals surface area contributed by atoms with Gasteiger partial charge in [0.15, 0.2) is 0 Å². The molecule has 1 aliphatic rings. The number of aromatic nitrogens is 1. The number of amides is 3. The number of nitrogens with one attached hydrogen (secondary N) is 3. The van der Waals surface area contributed by atoms with Gasteiger partial charge >= 0.3 is 6.09 Å². The molecule has 0 radical (unpaired) electrons. The summed E-state index contributed by atoms with van der Waals surface area (Å²) >= 11 is 1.41. The number of ether oxygens (including phenoxy) is 1. The van der Waals surface area contributed by atoms with E-state index >= 15 is 0 Å². The van der Waals surface area contributed by atoms with Crippen LogP contribution in [0.2, 0.25) is 0 Å². The van der Waals surface area contributed by atoms with Gasteiger partial charge in [-0.15, -0.1) is 0 Å². The molecule has 0 aliphatic carbocycles. The summed E-state index contributed by atoms with van der Waals surface area (Å²) in [6.07, 6.45) is 1.41. The van der Waals surface area contributed by atoms with Crippen LogP contribution in [0, 0.1) is 5.92 Å². The van der Waals surface area contributed by atoms with Gasteiger partial charge in [0.1, 0.15) is 12.6 Å². The number of benzene rings is 1. The zero-order valence-electron chi connectivity index (χ0n) is 19.3. The first-order valence-electron chi connectivity index (χ1n) is 11.4. The summed E-state index contributed by atoms with van der Waals surface area (Å²) in [6, 6.07) is 9.22. The van der Waals surface area contributed by atoms with Gasteiger partial charge in [-0.1, -0.05) is 44.2 Å². The lowest BCUT2D eigenvalue weighted by Gasteiger charge is -2.24. The summed E-state index contributed by atoms with van der Waals surface area (Å²) in [6.45, 7) is 3.97. The summed E-state index contributed by atoms with van der Waals surface area (Å²) < 4.78 is 9.63. The Balaban J connectivity index is 1.64. The molecule has 9 nitrogen and oxygen atoms in total. The molecule has 3 N–H and O–H groups in total. The van der Waals surface area contributed by atoms with E-state index in [0.717, 1.165) is 22.6 Å². The number of nitrogens with zero attached hydrogens (tertiary/aromatic N) is 1. The molecule has 2 heterocycles. The van der Waals surface area contributed by atoms with Crippen LogP contribution in [0.4, 0.5) is 4.79 Å². The molecular formula is C24H30N4O5S. The maximum Gasteiger partial charge on any atom is 0.408 e. The average Bonchev–Trinajstić information content (AvgIpc) is 3.28. The van der Waals surface area contributed by atoms with Crippen molar-refractivity contribution in [2.45, 2.75) is 58.2 Å². The molecular weight excluding hydrogens is 456 g/mol. The fraction of sp³-hybridized carbons (Fsp3) is 0.458. The molecule has 2 bridgehead atoms. The van der Waals surface area contributed by atoms with Crippen molar-refractivity contribution in [2.24, 2.45) is 5.92 Å². The van der Waals surface area contributed by atoms with Gasteiger partial charge in [-0.25, -0.2) is 4.79 Å². The molecule has 10 heteroatoms. The van der Waals surface area contributed by atoms with Crippen molar-refractivity contribution in [3.05, 3.63) is 52.5 Å². The number of fused-ring (bicyclic) bond motifs is 2. The predicted molar refractivity (Wildman–Crippen MR) is 127 cm³/mol. The van der Waals surface area contributed by atoms with E-state index in [1.807, 2.05) is 36.4 Å². The standard InChI is InChI=1S/C24H30N4O5S/c1-15(2)20(27-24(32)33-14-16-7-4-3-5-8-16)22(30)26-19-11-10-17-13-18(34-28-17)9-6-12-25-23(31)21(19)29/h3-5,7-8,13,15,19-20H,6,9-12,14H2,1-2H3,(H,25,31)(H,26,30)(H,27,32). The number of alkyl carbamates (subject to hydrolysis) is 1. The second-order valence-corrected chi connectivity index (χ2v) is 9.43. The molecule has 0 saturated carbocycles. The van der Waals surface area contributed by atoms with Crippen molar-refractivity contribution >= 4 is 35.2 Å². The van der Waals surface area contributed by atoms with Gasteiger partial charge < -0.3 is 20.7 Å². The fourth-order valence-electron chi connectivity index (χ4n) is 3.55. The number of rotatable bonds is 6. The van der Waals surface area contributed by atoms with E-state index in [4.69, 9.17) is 4.74 Å². The maximum atomic E-state index is 13.0. The highest BCUT2D eigenvalue weighted by Gasteiger charge is 2.32. The molecule has 3 rings (SSSR count). The molecule has 1 aliphatic heterocycles. The minimum Gasteiger partial charge on any atom is -0.445 e. The third-order valence-corrected chi connectivity index (χ3v) is 6.36. The maximum absolute atomic E-state index is 13.0. The molecule has 3 amide bonds. The van der Waals surface area contributed by atoms with Crippen LogP contribution >= 0.6 is 11.5 Å². The van der Waals surface area contributed by atoms with E-state index in [2.05, 4.69) is 20.3 Å². The third-order valence-electron chi connectivity index (χ3n) is 5.47. The SMILES string of the molecule is CC(C)C(NC(=O)OCc1ccccc1)C(=O)NC1CCc2cc(sn2)CCCNC(=O)C1=O. The second kappa shape index (κ2) is 12.3. The Morgan fingerprint density at radius 1 is 1.21 bits per heavy atom. The van der Waals surface area contributed by atoms with E-state index in [-0.39, 0.29) is 18.9 Å². The quantitative estimate of drug-likeness (QED) is 0.537. The summed E-state index contributed by atoms with van der Waals surface area (Å²) in [7, 11) is 0. The second-order valence-electron chi connectivity index (χ2n) is 8.54. The van der Waals surface area contributed by atoms with Gasteiger partial charge in [0.25, 0.3) is 5.91 Å². The largest absolute Gasteiger partial charge is 0.445 e. The Morgan fingerprint density at radius 3 is 2.71 bits per heavy atom. The van der Waals surface area contributed by atoms with Crippen LogP contribution in [0.3, 0.4) is 0 Å². The van der Waals surface area contributed by atoms with Gasteiger partial charge in [0.2, 0.25) is 11.7 Å². The van der Waals surface area contributed by atoms with Crippen LogP contribution in [-0.2, 0) is 38.6 Å². The topological polar surface area (TPSA) is 126 Å². The Morgan fingerprint density at radius 2 is 1.97 bits per heavy atom. The smallest absolute Gasteiger partial charge is 0.408 e. The minimum absolute atomic E-state index is 0.0655. The molecule has 182 valence electrons. The van der Waals surface area contributed by atoms with Gasteiger partial charge in [0.05, 0.1) is 11.7 Å². The van der Waals surface area contributed by atoms with Crippen LogP contribution < -0.4 is 16.0 Å². The van der Waals surface area contributed by atoms with Gasteiger partial charge in [-0.3, -0.25) is 14.4 Å². The lowest BCUT2D eigenvalue weighted by Crippen LogP contribution is -2.55. The number of Topliss-reactive ketones (excluding diaryl/α,β-unsaturated/α-hetero) is 1. The highest BCUT2D eigenvalue weighted by atomic mass is 32.1. The molecule has 1 aromatic carbocycles. The summed E-state index contributed by atoms with van der Waals surface area (Å²) in [4.78, 5) is 51.6. The molecule has 1 aromatic heterocycles. The van der Waals surface area contributed by atoms with Crippen molar-refractivity contribution in [2.75, 3.05) is 6.54 Å². The Bertz CT molecular complexity index is 1010.